The second-order valence-corrected chi connectivity index (χ2v) is 2.80. The van der Waals surface area contributed by atoms with Gasteiger partial charge in [0.1, 0.15) is 0 Å². The second kappa shape index (κ2) is 2.84. The summed E-state index contributed by atoms with van der Waals surface area (Å²) in [4.78, 5) is 10.2. The molecule has 9 heavy (non-hydrogen) atoms. The maximum absolute atomic E-state index is 10.2. The van der Waals surface area contributed by atoms with Gasteiger partial charge in [0, 0.05) is 0 Å². The van der Waals surface area contributed by atoms with Crippen LogP contribution in [0.2, 0.25) is 0 Å². The summed E-state index contributed by atoms with van der Waals surface area (Å²) >= 11 is 2.39. The molecule has 0 unspecified atom stereocenters. The van der Waals surface area contributed by atoms with Crippen molar-refractivity contribution in [2.24, 2.45) is 0 Å². The van der Waals surface area contributed by atoms with Crippen molar-refractivity contribution in [3.05, 3.63) is 29.8 Å². The van der Waals surface area contributed by atoms with E-state index in [-0.39, 0.29) is 0 Å². The number of hydrogen-bond acceptors (Lipinski definition) is 1. The van der Waals surface area contributed by atoms with Crippen LogP contribution in [0.15, 0.2) is 24.3 Å². The molecule has 0 fully saturated rings. The molecule has 44 valence electrons. The van der Waals surface area contributed by atoms with Crippen LogP contribution in [0.1, 0.15) is 10.4 Å². The van der Waals surface area contributed by atoms with Gasteiger partial charge in [-0.05, 0) is 0 Å². The van der Waals surface area contributed by atoms with E-state index in [1.54, 1.807) is 6.07 Å². The van der Waals surface area contributed by atoms with E-state index in [9.17, 15) is 4.79 Å². The molecule has 0 aliphatic heterocycles. The monoisotopic (exact) mass is 180 g/mol. The summed E-state index contributed by atoms with van der Waals surface area (Å²) in [5.41, 5.74) is 0.730. The van der Waals surface area contributed by atoms with Gasteiger partial charge in [-0.1, -0.05) is 0 Å². The third kappa shape index (κ3) is 1.69. The fourth-order valence-electron chi connectivity index (χ4n) is 0.598. The molecule has 0 atom stereocenters. The van der Waals surface area contributed by atoms with Crippen LogP contribution in [0.4, 0.5) is 0 Å². The van der Waals surface area contributed by atoms with Gasteiger partial charge in [0.05, 0.1) is 0 Å². The van der Waals surface area contributed by atoms with Crippen molar-refractivity contribution in [3.8, 4) is 0 Å². The van der Waals surface area contributed by atoms with Crippen molar-refractivity contribution in [2.45, 2.75) is 0 Å². The fourth-order valence-corrected chi connectivity index (χ4v) is 1.09. The van der Waals surface area contributed by atoms with Gasteiger partial charge in [-0.3, -0.25) is 0 Å². The second-order valence-electron chi connectivity index (χ2n) is 1.71. The molecule has 0 saturated carbocycles. The molecule has 1 aromatic rings. The molecular formula is C7H5AsO. The SMILES string of the molecule is O=Cc1cccc([As])c1. The van der Waals surface area contributed by atoms with Gasteiger partial charge in [-0.15, -0.1) is 0 Å². The van der Waals surface area contributed by atoms with Gasteiger partial charge in [0.25, 0.3) is 0 Å². The van der Waals surface area contributed by atoms with Crippen molar-refractivity contribution in [2.75, 3.05) is 0 Å². The number of aldehydes is 1. The maximum atomic E-state index is 10.2. The normalized spacial score (nSPS) is 9.00. The number of hydrogen-bond donors (Lipinski definition) is 0. The molecule has 0 amide bonds. The van der Waals surface area contributed by atoms with Crippen LogP contribution in [0.5, 0.6) is 0 Å². The fraction of sp³-hybridized carbons (Fsp3) is 0. The molecule has 1 nitrogen and oxygen atoms in total. The zero-order valence-corrected chi connectivity index (χ0v) is 6.62. The first-order valence-corrected chi connectivity index (χ1v) is 3.51. The van der Waals surface area contributed by atoms with E-state index in [0.29, 0.717) is 0 Å². The van der Waals surface area contributed by atoms with Gasteiger partial charge in [0.2, 0.25) is 0 Å². The van der Waals surface area contributed by atoms with Crippen molar-refractivity contribution in [1.82, 2.24) is 0 Å². The summed E-state index contributed by atoms with van der Waals surface area (Å²) in [6.45, 7) is 0. The van der Waals surface area contributed by atoms with Crippen LogP contribution in [0.25, 0.3) is 0 Å². The van der Waals surface area contributed by atoms with Crippen molar-refractivity contribution >= 4 is 27.5 Å². The number of carbonyl (C=O) groups is 1. The summed E-state index contributed by atoms with van der Waals surface area (Å²) in [7, 11) is 0. The third-order valence-electron chi connectivity index (χ3n) is 1.01. The molecule has 1 rings (SSSR count). The van der Waals surface area contributed by atoms with Crippen molar-refractivity contribution < 1.29 is 4.79 Å². The predicted molar refractivity (Wildman–Crippen MR) is 37.2 cm³/mol. The average Bonchev–Trinajstić information content (AvgIpc) is 1.88. The summed E-state index contributed by atoms with van der Waals surface area (Å²) in [6, 6.07) is 7.40. The molecule has 0 N–H and O–H groups in total. The third-order valence-corrected chi connectivity index (χ3v) is 1.59. The quantitative estimate of drug-likeness (QED) is 0.448. The Kier molecular flexibility index (Phi) is 2.07. The van der Waals surface area contributed by atoms with Gasteiger partial charge in [-0.2, -0.15) is 0 Å². The molecular weight excluding hydrogens is 175 g/mol. The summed E-state index contributed by atoms with van der Waals surface area (Å²) < 4.78 is 1.06. The molecule has 2 heteroatoms. The molecule has 0 aromatic heterocycles. The number of rotatable bonds is 1. The Hall–Kier alpha value is -0.552. The summed E-state index contributed by atoms with van der Waals surface area (Å²) in [5, 5.41) is 0. The molecule has 0 saturated heterocycles. The average molecular weight is 180 g/mol. The van der Waals surface area contributed by atoms with Crippen LogP contribution in [0, 0.1) is 0 Å². The van der Waals surface area contributed by atoms with E-state index in [2.05, 4.69) is 16.9 Å². The van der Waals surface area contributed by atoms with E-state index in [1.165, 1.54) is 0 Å². The zero-order chi connectivity index (χ0) is 6.69. The minimum atomic E-state index is 0.730. The standard InChI is InChI=1S/C7H5AsO/c8-7-3-1-2-6(4-7)5-9/h1-5H. The van der Waals surface area contributed by atoms with Crippen molar-refractivity contribution in [3.63, 3.8) is 0 Å². The Morgan fingerprint density at radius 3 is 2.67 bits per heavy atom. The van der Waals surface area contributed by atoms with Crippen molar-refractivity contribution in [1.29, 1.82) is 0 Å². The van der Waals surface area contributed by atoms with E-state index in [1.807, 2.05) is 18.2 Å². The molecule has 2 radical (unpaired) electrons. The van der Waals surface area contributed by atoms with Crippen LogP contribution < -0.4 is 4.35 Å². The number of benzene rings is 1. The summed E-state index contributed by atoms with van der Waals surface area (Å²) in [6.07, 6.45) is 0.844. The molecule has 0 bridgehead atoms. The van der Waals surface area contributed by atoms with Crippen LogP contribution in [-0.4, -0.2) is 23.1 Å². The Morgan fingerprint density at radius 2 is 2.22 bits per heavy atom. The first-order chi connectivity index (χ1) is 4.33. The first kappa shape index (κ1) is 6.57. The topological polar surface area (TPSA) is 17.1 Å². The Morgan fingerprint density at radius 1 is 1.44 bits per heavy atom. The summed E-state index contributed by atoms with van der Waals surface area (Å²) in [5.74, 6) is 0. The van der Waals surface area contributed by atoms with E-state index in [4.69, 9.17) is 0 Å². The Balaban J connectivity index is 3.07. The Bertz CT molecular complexity index is 220. The molecule has 0 aliphatic rings. The van der Waals surface area contributed by atoms with Gasteiger partial charge in [0.15, 0.2) is 0 Å². The minimum absolute atomic E-state index is 0.730. The predicted octanol–water partition coefficient (Wildman–Crippen LogP) is 0.293. The Labute approximate surface area is 62.6 Å². The van der Waals surface area contributed by atoms with Crippen LogP contribution in [-0.2, 0) is 0 Å². The zero-order valence-electron chi connectivity index (χ0n) is 4.74. The van der Waals surface area contributed by atoms with Gasteiger partial charge in [-0.25, -0.2) is 0 Å². The molecule has 1 aromatic carbocycles. The van der Waals surface area contributed by atoms with Crippen LogP contribution >= 0.6 is 0 Å². The molecule has 0 heterocycles. The number of carbonyl (C=O) groups excluding carboxylic acids is 1. The van der Waals surface area contributed by atoms with E-state index >= 15 is 0 Å². The van der Waals surface area contributed by atoms with Gasteiger partial charge >= 0.3 is 62.1 Å². The molecule has 0 spiro atoms. The van der Waals surface area contributed by atoms with E-state index in [0.717, 1.165) is 16.2 Å². The van der Waals surface area contributed by atoms with Crippen LogP contribution in [0.3, 0.4) is 0 Å². The van der Waals surface area contributed by atoms with E-state index < -0.39 is 0 Å². The molecule has 0 aliphatic carbocycles. The first-order valence-electron chi connectivity index (χ1n) is 2.57. The van der Waals surface area contributed by atoms with Gasteiger partial charge < -0.3 is 0 Å².